The van der Waals surface area contributed by atoms with Crippen LogP contribution in [0.3, 0.4) is 0 Å². The van der Waals surface area contributed by atoms with Gasteiger partial charge >= 0.3 is 0 Å². The highest BCUT2D eigenvalue weighted by molar-refractivity contribution is 5.28. The maximum absolute atomic E-state index is 4.83. The first kappa shape index (κ1) is 15.6. The number of nitrogens with zero attached hydrogens (tertiary/aromatic N) is 2. The molecule has 0 saturated heterocycles. The second-order valence-corrected chi connectivity index (χ2v) is 6.33. The molecule has 1 aliphatic rings. The van der Waals surface area contributed by atoms with Crippen LogP contribution in [0.4, 0.5) is 0 Å². The van der Waals surface area contributed by atoms with Crippen LogP contribution < -0.4 is 5.32 Å². The van der Waals surface area contributed by atoms with E-state index in [2.05, 4.69) is 37.7 Å². The highest BCUT2D eigenvalue weighted by atomic mass is 15.3. The minimum Gasteiger partial charge on any atom is -0.310 e. The maximum Gasteiger partial charge on any atom is 0.0644 e. The van der Waals surface area contributed by atoms with Crippen LogP contribution in [-0.4, -0.2) is 16.3 Å². The smallest absolute Gasteiger partial charge is 0.0644 e. The molecule has 1 aliphatic carbocycles. The SMILES string of the molecule is CCCNC(CC)c1c(C)nn(CC2CCCC2)c1C. The molecule has 1 N–H and O–H groups in total. The van der Waals surface area contributed by atoms with Gasteiger partial charge in [-0.05, 0) is 52.0 Å². The summed E-state index contributed by atoms with van der Waals surface area (Å²) in [5, 5.41) is 8.50. The van der Waals surface area contributed by atoms with Crippen LogP contribution in [0.15, 0.2) is 0 Å². The summed E-state index contributed by atoms with van der Waals surface area (Å²) in [6.07, 6.45) is 7.92. The number of aryl methyl sites for hydroxylation is 1. The van der Waals surface area contributed by atoms with E-state index in [1.807, 2.05) is 0 Å². The predicted molar refractivity (Wildman–Crippen MR) is 85.0 cm³/mol. The Morgan fingerprint density at radius 1 is 1.25 bits per heavy atom. The van der Waals surface area contributed by atoms with Crippen molar-refractivity contribution in [3.8, 4) is 0 Å². The molecule has 1 atom stereocenters. The van der Waals surface area contributed by atoms with Crippen LogP contribution in [0, 0.1) is 19.8 Å². The normalized spacial score (nSPS) is 17.8. The lowest BCUT2D eigenvalue weighted by Gasteiger charge is -2.18. The van der Waals surface area contributed by atoms with Crippen LogP contribution in [0.25, 0.3) is 0 Å². The van der Waals surface area contributed by atoms with Crippen molar-refractivity contribution < 1.29 is 0 Å². The molecule has 2 rings (SSSR count). The van der Waals surface area contributed by atoms with Crippen molar-refractivity contribution >= 4 is 0 Å². The van der Waals surface area contributed by atoms with Crippen molar-refractivity contribution in [3.63, 3.8) is 0 Å². The van der Waals surface area contributed by atoms with Crippen molar-refractivity contribution in [1.29, 1.82) is 0 Å². The van der Waals surface area contributed by atoms with Gasteiger partial charge in [0, 0.05) is 23.8 Å². The Bertz CT molecular complexity index is 416. The molecule has 0 amide bonds. The van der Waals surface area contributed by atoms with E-state index in [0.29, 0.717) is 6.04 Å². The zero-order valence-electron chi connectivity index (χ0n) is 13.7. The average molecular weight is 277 g/mol. The minimum atomic E-state index is 0.465. The van der Waals surface area contributed by atoms with Gasteiger partial charge in [0.25, 0.3) is 0 Å². The first-order chi connectivity index (χ1) is 9.67. The summed E-state index contributed by atoms with van der Waals surface area (Å²) >= 11 is 0. The minimum absolute atomic E-state index is 0.465. The van der Waals surface area contributed by atoms with Crippen molar-refractivity contribution in [2.75, 3.05) is 6.54 Å². The summed E-state index contributed by atoms with van der Waals surface area (Å²) in [6.45, 7) is 11.1. The van der Waals surface area contributed by atoms with E-state index in [9.17, 15) is 0 Å². The topological polar surface area (TPSA) is 29.9 Å². The molecular weight excluding hydrogens is 246 g/mol. The lowest BCUT2D eigenvalue weighted by atomic mass is 10.0. The number of aromatic nitrogens is 2. The molecule has 0 aromatic carbocycles. The number of hydrogen-bond donors (Lipinski definition) is 1. The lowest BCUT2D eigenvalue weighted by molar-refractivity contribution is 0.420. The quantitative estimate of drug-likeness (QED) is 0.811. The molecule has 0 radical (unpaired) electrons. The van der Waals surface area contributed by atoms with Crippen molar-refractivity contribution in [2.45, 2.75) is 78.8 Å². The Kier molecular flexibility index (Phi) is 5.64. The Morgan fingerprint density at radius 3 is 2.55 bits per heavy atom. The molecule has 0 bridgehead atoms. The molecular formula is C17H31N3. The van der Waals surface area contributed by atoms with E-state index < -0.39 is 0 Å². The van der Waals surface area contributed by atoms with E-state index in [1.54, 1.807) is 0 Å². The second kappa shape index (κ2) is 7.26. The summed E-state index contributed by atoms with van der Waals surface area (Å²) in [7, 11) is 0. The van der Waals surface area contributed by atoms with Gasteiger partial charge < -0.3 is 5.32 Å². The molecule has 0 aliphatic heterocycles. The first-order valence-corrected chi connectivity index (χ1v) is 8.44. The zero-order chi connectivity index (χ0) is 14.5. The average Bonchev–Trinajstić information content (AvgIpc) is 3.03. The van der Waals surface area contributed by atoms with Gasteiger partial charge in [-0.25, -0.2) is 0 Å². The Balaban J connectivity index is 2.13. The van der Waals surface area contributed by atoms with Gasteiger partial charge in [-0.2, -0.15) is 5.10 Å². The van der Waals surface area contributed by atoms with Gasteiger partial charge in [0.15, 0.2) is 0 Å². The molecule has 1 aromatic heterocycles. The Morgan fingerprint density at radius 2 is 1.95 bits per heavy atom. The fraction of sp³-hybridized carbons (Fsp3) is 0.824. The van der Waals surface area contributed by atoms with E-state index in [0.717, 1.165) is 25.4 Å². The molecule has 3 heteroatoms. The summed E-state index contributed by atoms with van der Waals surface area (Å²) in [6, 6.07) is 0.465. The molecule has 20 heavy (non-hydrogen) atoms. The third kappa shape index (κ3) is 3.43. The van der Waals surface area contributed by atoms with Gasteiger partial charge in [0.2, 0.25) is 0 Å². The van der Waals surface area contributed by atoms with Crippen LogP contribution in [-0.2, 0) is 6.54 Å². The fourth-order valence-corrected chi connectivity index (χ4v) is 3.60. The standard InChI is InChI=1S/C17H31N3/c1-5-11-18-16(6-2)17-13(3)19-20(14(17)4)12-15-9-7-8-10-15/h15-16,18H,5-12H2,1-4H3. The summed E-state index contributed by atoms with van der Waals surface area (Å²) in [4.78, 5) is 0. The van der Waals surface area contributed by atoms with E-state index in [1.165, 1.54) is 49.1 Å². The monoisotopic (exact) mass is 277 g/mol. The molecule has 1 unspecified atom stereocenters. The molecule has 1 fully saturated rings. The summed E-state index contributed by atoms with van der Waals surface area (Å²) in [5.41, 5.74) is 4.04. The molecule has 0 spiro atoms. The first-order valence-electron chi connectivity index (χ1n) is 8.44. The maximum atomic E-state index is 4.83. The summed E-state index contributed by atoms with van der Waals surface area (Å²) < 4.78 is 2.27. The van der Waals surface area contributed by atoms with Crippen LogP contribution in [0.2, 0.25) is 0 Å². The number of rotatable bonds is 7. The largest absolute Gasteiger partial charge is 0.310 e. The fourth-order valence-electron chi connectivity index (χ4n) is 3.60. The van der Waals surface area contributed by atoms with Gasteiger partial charge in [-0.1, -0.05) is 26.7 Å². The number of nitrogens with one attached hydrogen (secondary N) is 1. The molecule has 1 saturated carbocycles. The van der Waals surface area contributed by atoms with Crippen molar-refractivity contribution in [2.24, 2.45) is 5.92 Å². The molecule has 1 heterocycles. The third-order valence-corrected chi connectivity index (χ3v) is 4.74. The van der Waals surface area contributed by atoms with Crippen LogP contribution in [0.5, 0.6) is 0 Å². The van der Waals surface area contributed by atoms with Gasteiger partial charge in [-0.3, -0.25) is 4.68 Å². The van der Waals surface area contributed by atoms with Gasteiger partial charge in [0.1, 0.15) is 0 Å². The van der Waals surface area contributed by atoms with Crippen LogP contribution in [0.1, 0.15) is 75.4 Å². The Labute approximate surface area is 124 Å². The molecule has 3 nitrogen and oxygen atoms in total. The molecule has 114 valence electrons. The van der Waals surface area contributed by atoms with Crippen molar-refractivity contribution in [1.82, 2.24) is 15.1 Å². The van der Waals surface area contributed by atoms with E-state index in [-0.39, 0.29) is 0 Å². The van der Waals surface area contributed by atoms with Crippen molar-refractivity contribution in [3.05, 3.63) is 17.0 Å². The highest BCUT2D eigenvalue weighted by Crippen LogP contribution is 2.29. The van der Waals surface area contributed by atoms with Gasteiger partial charge in [0.05, 0.1) is 5.69 Å². The second-order valence-electron chi connectivity index (χ2n) is 6.33. The molecule has 1 aromatic rings. The van der Waals surface area contributed by atoms with Crippen LogP contribution >= 0.6 is 0 Å². The predicted octanol–water partition coefficient (Wildman–Crippen LogP) is 4.14. The van der Waals surface area contributed by atoms with Gasteiger partial charge in [-0.15, -0.1) is 0 Å². The third-order valence-electron chi connectivity index (χ3n) is 4.74. The van der Waals surface area contributed by atoms with E-state index in [4.69, 9.17) is 5.10 Å². The van der Waals surface area contributed by atoms with E-state index >= 15 is 0 Å². The lowest BCUT2D eigenvalue weighted by Crippen LogP contribution is -2.22. The zero-order valence-corrected chi connectivity index (χ0v) is 13.7. The summed E-state index contributed by atoms with van der Waals surface area (Å²) in [5.74, 6) is 0.851. The Hall–Kier alpha value is -0.830. The number of hydrogen-bond acceptors (Lipinski definition) is 2. The highest BCUT2D eigenvalue weighted by Gasteiger charge is 2.22.